The summed E-state index contributed by atoms with van der Waals surface area (Å²) in [5.41, 5.74) is 2.88. The minimum absolute atomic E-state index is 1.10. The average Bonchev–Trinajstić information content (AvgIpc) is 3.06. The molecule has 8 N–H and O–H groups in total. The van der Waals surface area contributed by atoms with Crippen LogP contribution in [0.25, 0.3) is 21.5 Å². The molecule has 0 amide bonds. The van der Waals surface area contributed by atoms with Crippen LogP contribution in [0.1, 0.15) is 62.5 Å². The van der Waals surface area contributed by atoms with Gasteiger partial charge in [0.05, 0.1) is 50.8 Å². The Kier molecular flexibility index (Phi) is 17.8. The average molecular weight is 635 g/mol. The summed E-state index contributed by atoms with van der Waals surface area (Å²) in [7, 11) is 4.13. The lowest BCUT2D eigenvalue weighted by Gasteiger charge is -2.05. The van der Waals surface area contributed by atoms with Crippen molar-refractivity contribution >= 4 is 43.1 Å². The molecule has 238 valence electrons. The number of hydrogen-bond donors (Lipinski definition) is 4. The highest BCUT2D eigenvalue weighted by atomic mass is 33.1. The lowest BCUT2D eigenvalue weighted by Crippen LogP contribution is -2.85. The van der Waals surface area contributed by atoms with E-state index in [1.165, 1.54) is 135 Å². The molecule has 0 saturated carbocycles. The molecule has 0 fully saturated rings. The maximum Gasteiger partial charge on any atom is 0.101 e. The lowest BCUT2D eigenvalue weighted by atomic mass is 10.1. The molecule has 0 radical (unpaired) electrons. The molecule has 4 aromatic carbocycles. The van der Waals surface area contributed by atoms with Crippen LogP contribution in [0.3, 0.4) is 0 Å². The molecule has 0 aromatic heterocycles. The van der Waals surface area contributed by atoms with E-state index in [0.29, 0.717) is 0 Å². The summed E-state index contributed by atoms with van der Waals surface area (Å²) in [5, 5.41) is 15.4. The van der Waals surface area contributed by atoms with E-state index in [-0.39, 0.29) is 0 Å². The highest BCUT2D eigenvalue weighted by Crippen LogP contribution is 2.18. The van der Waals surface area contributed by atoms with Gasteiger partial charge < -0.3 is 21.3 Å². The number of nitrogens with two attached hydrogens (primary N) is 4. The van der Waals surface area contributed by atoms with Gasteiger partial charge in [-0.05, 0) is 85.0 Å². The van der Waals surface area contributed by atoms with Gasteiger partial charge in [-0.3, -0.25) is 0 Å². The maximum absolute atomic E-state index is 2.52. The topological polar surface area (TPSA) is 66.4 Å². The van der Waals surface area contributed by atoms with Gasteiger partial charge in [0.1, 0.15) is 13.1 Å². The molecule has 0 aliphatic heterocycles. The number of quaternary nitrogens is 4. The van der Waals surface area contributed by atoms with Crippen molar-refractivity contribution in [3.63, 3.8) is 0 Å². The van der Waals surface area contributed by atoms with E-state index in [0.717, 1.165) is 13.1 Å². The Morgan fingerprint density at radius 2 is 0.750 bits per heavy atom. The van der Waals surface area contributed by atoms with Crippen LogP contribution < -0.4 is 21.3 Å². The minimum Gasteiger partial charge on any atom is -0.346 e. The van der Waals surface area contributed by atoms with Gasteiger partial charge in [0.15, 0.2) is 0 Å². The van der Waals surface area contributed by atoms with E-state index in [2.05, 4.69) is 128 Å². The summed E-state index contributed by atoms with van der Waals surface area (Å²) in [4.78, 5) is 0. The second-order valence-corrected chi connectivity index (χ2v) is 14.8. The van der Waals surface area contributed by atoms with Crippen molar-refractivity contribution in [2.45, 2.75) is 64.5 Å². The molecule has 0 spiro atoms. The molecule has 0 saturated heterocycles. The summed E-state index contributed by atoms with van der Waals surface area (Å²) in [6, 6.07) is 31.1. The van der Waals surface area contributed by atoms with E-state index >= 15 is 0 Å². The molecule has 4 nitrogen and oxygen atoms in total. The molecule has 0 heterocycles. The van der Waals surface area contributed by atoms with E-state index in [1.807, 2.05) is 0 Å². The van der Waals surface area contributed by atoms with Crippen molar-refractivity contribution < 1.29 is 21.3 Å². The molecular weight excluding hydrogens is 577 g/mol. The SMILES string of the molecule is c1ccc2cc(C[NH2+]CCCCCC[NH2+]CCSSCC[NH2+]CCCCCC[NH2+]Cc3ccc4ccccc4c3)ccc2c1. The van der Waals surface area contributed by atoms with Crippen LogP contribution in [0.5, 0.6) is 0 Å². The van der Waals surface area contributed by atoms with Crippen molar-refractivity contribution in [2.75, 3.05) is 50.8 Å². The number of fused-ring (bicyclic) bond motifs is 2. The molecule has 0 bridgehead atoms. The number of rotatable bonds is 25. The van der Waals surface area contributed by atoms with Gasteiger partial charge in [0, 0.05) is 11.1 Å². The van der Waals surface area contributed by atoms with Crippen LogP contribution in [0.2, 0.25) is 0 Å². The quantitative estimate of drug-likeness (QED) is 0.0643. The third-order valence-electron chi connectivity index (χ3n) is 8.41. The van der Waals surface area contributed by atoms with Crippen molar-refractivity contribution in [2.24, 2.45) is 0 Å². The molecule has 4 aromatic rings. The molecular formula is C38H58N4S2+4. The molecule has 0 unspecified atom stereocenters. The predicted octanol–water partition coefficient (Wildman–Crippen LogP) is 4.45. The molecule has 0 aliphatic carbocycles. The third-order valence-corrected chi connectivity index (χ3v) is 10.9. The van der Waals surface area contributed by atoms with Crippen LogP contribution >= 0.6 is 21.6 Å². The smallest absolute Gasteiger partial charge is 0.101 e. The summed E-state index contributed by atoms with van der Waals surface area (Å²) < 4.78 is 0. The lowest BCUT2D eigenvalue weighted by molar-refractivity contribution is -0.671. The van der Waals surface area contributed by atoms with E-state index < -0.39 is 0 Å². The van der Waals surface area contributed by atoms with Crippen LogP contribution in [-0.2, 0) is 13.1 Å². The fraction of sp³-hybridized carbons (Fsp3) is 0.474. The van der Waals surface area contributed by atoms with Gasteiger partial charge in [-0.15, -0.1) is 0 Å². The first-order chi connectivity index (χ1) is 21.9. The zero-order valence-corrected chi connectivity index (χ0v) is 28.6. The fourth-order valence-electron chi connectivity index (χ4n) is 5.80. The second-order valence-electron chi connectivity index (χ2n) is 12.1. The first-order valence-electron chi connectivity index (χ1n) is 17.3. The van der Waals surface area contributed by atoms with E-state index in [4.69, 9.17) is 0 Å². The third kappa shape index (κ3) is 14.4. The zero-order valence-electron chi connectivity index (χ0n) is 26.9. The van der Waals surface area contributed by atoms with Crippen LogP contribution in [0, 0.1) is 0 Å². The Morgan fingerprint density at radius 1 is 0.364 bits per heavy atom. The normalized spacial score (nSPS) is 11.5. The Balaban J connectivity index is 0.820. The van der Waals surface area contributed by atoms with Crippen molar-refractivity contribution in [1.82, 2.24) is 0 Å². The Morgan fingerprint density at radius 3 is 1.18 bits per heavy atom. The Bertz CT molecular complexity index is 1210. The molecule has 6 heteroatoms. The molecule has 44 heavy (non-hydrogen) atoms. The highest BCUT2D eigenvalue weighted by Gasteiger charge is 2.01. The zero-order chi connectivity index (χ0) is 30.3. The highest BCUT2D eigenvalue weighted by molar-refractivity contribution is 8.76. The van der Waals surface area contributed by atoms with Crippen LogP contribution in [0.4, 0.5) is 0 Å². The van der Waals surface area contributed by atoms with Crippen molar-refractivity contribution in [3.8, 4) is 0 Å². The number of unbranched alkanes of at least 4 members (excludes halogenated alkanes) is 6. The standard InChI is InChI=1S/C38H54N4S2/c1(3-11-23-41-31-33-17-19-35-13-5-7-15-37(35)29-33)9-21-39-25-27-43-44-28-26-40-22-10-2-4-12-24-42-32-34-18-20-36-14-6-8-16-38(36)30-34/h5-8,13-20,29-30,39-42H,1-4,9-12,21-28,31-32H2/p+4. The Labute approximate surface area is 274 Å². The van der Waals surface area contributed by atoms with Crippen molar-refractivity contribution in [1.29, 1.82) is 0 Å². The maximum atomic E-state index is 2.52. The molecule has 0 aliphatic rings. The van der Waals surface area contributed by atoms with Crippen LogP contribution in [-0.4, -0.2) is 50.8 Å². The number of benzene rings is 4. The van der Waals surface area contributed by atoms with E-state index in [9.17, 15) is 0 Å². The van der Waals surface area contributed by atoms with Gasteiger partial charge in [0.2, 0.25) is 0 Å². The van der Waals surface area contributed by atoms with Gasteiger partial charge >= 0.3 is 0 Å². The van der Waals surface area contributed by atoms with Gasteiger partial charge in [0.25, 0.3) is 0 Å². The number of hydrogen-bond acceptors (Lipinski definition) is 2. The van der Waals surface area contributed by atoms with Gasteiger partial charge in [-0.2, -0.15) is 0 Å². The summed E-state index contributed by atoms with van der Waals surface area (Å²) >= 11 is 0. The summed E-state index contributed by atoms with van der Waals surface area (Å²) in [6.07, 6.45) is 10.9. The largest absolute Gasteiger partial charge is 0.346 e. The minimum atomic E-state index is 1.10. The van der Waals surface area contributed by atoms with Crippen molar-refractivity contribution in [3.05, 3.63) is 96.1 Å². The Hall–Kier alpha value is -2.06. The summed E-state index contributed by atoms with van der Waals surface area (Å²) in [6.45, 7) is 9.80. The first-order valence-corrected chi connectivity index (χ1v) is 19.8. The monoisotopic (exact) mass is 634 g/mol. The predicted molar refractivity (Wildman–Crippen MR) is 194 cm³/mol. The summed E-state index contributed by atoms with van der Waals surface area (Å²) in [5.74, 6) is 2.54. The first kappa shape index (κ1) is 34.8. The molecule has 0 atom stereocenters. The second kappa shape index (κ2) is 22.4. The van der Waals surface area contributed by atoms with E-state index in [1.54, 1.807) is 0 Å². The van der Waals surface area contributed by atoms with Gasteiger partial charge in [-0.1, -0.05) is 94.4 Å². The van der Waals surface area contributed by atoms with Gasteiger partial charge in [-0.25, -0.2) is 0 Å². The fourth-order valence-corrected chi connectivity index (χ4v) is 7.85. The molecule has 4 rings (SSSR count). The van der Waals surface area contributed by atoms with Crippen LogP contribution in [0.15, 0.2) is 84.9 Å².